The van der Waals surface area contributed by atoms with Crippen molar-refractivity contribution < 1.29 is 4.52 Å². The molecule has 1 aromatic heterocycles. The predicted molar refractivity (Wildman–Crippen MR) is 73.2 cm³/mol. The molecule has 4 nitrogen and oxygen atoms in total. The van der Waals surface area contributed by atoms with Gasteiger partial charge in [0, 0.05) is 17.3 Å². The molecule has 96 valence electrons. The number of aromatic nitrogens is 2. The van der Waals surface area contributed by atoms with Crippen LogP contribution >= 0.6 is 23.5 Å². The minimum atomic E-state index is -0.204. The molecule has 2 heterocycles. The van der Waals surface area contributed by atoms with E-state index < -0.39 is 0 Å². The first-order chi connectivity index (χ1) is 7.98. The molecule has 0 aliphatic carbocycles. The molecule has 1 saturated heterocycles. The van der Waals surface area contributed by atoms with Crippen LogP contribution in [0.3, 0.4) is 0 Å². The maximum Gasteiger partial charge on any atom is 0.244 e. The van der Waals surface area contributed by atoms with Gasteiger partial charge in [0.25, 0.3) is 0 Å². The average molecular weight is 273 g/mol. The fourth-order valence-electron chi connectivity index (χ4n) is 1.51. The third-order valence-electron chi connectivity index (χ3n) is 2.76. The van der Waals surface area contributed by atoms with Gasteiger partial charge >= 0.3 is 0 Å². The summed E-state index contributed by atoms with van der Waals surface area (Å²) in [6.45, 7) is 6.23. The zero-order chi connectivity index (χ0) is 12.5. The SMILES string of the molecule is CC(C)(C)[C@@H](N)c1nc(C2CSCCS2)no1. The summed E-state index contributed by atoms with van der Waals surface area (Å²) in [5, 5.41) is 4.43. The molecule has 0 spiro atoms. The number of nitrogens with two attached hydrogens (primary N) is 1. The van der Waals surface area contributed by atoms with Crippen molar-refractivity contribution in [1.82, 2.24) is 10.1 Å². The maximum atomic E-state index is 6.11. The first-order valence-electron chi connectivity index (χ1n) is 5.77. The fraction of sp³-hybridized carbons (Fsp3) is 0.818. The molecule has 0 saturated carbocycles. The Labute approximate surface area is 110 Å². The largest absolute Gasteiger partial charge is 0.338 e. The maximum absolute atomic E-state index is 6.11. The number of nitrogens with zero attached hydrogens (tertiary/aromatic N) is 2. The zero-order valence-electron chi connectivity index (χ0n) is 10.5. The summed E-state index contributed by atoms with van der Waals surface area (Å²) in [6.07, 6.45) is 0. The lowest BCUT2D eigenvalue weighted by Crippen LogP contribution is -2.26. The Hall–Kier alpha value is -0.200. The Balaban J connectivity index is 2.10. The van der Waals surface area contributed by atoms with Gasteiger partial charge in [-0.15, -0.1) is 11.8 Å². The van der Waals surface area contributed by atoms with E-state index in [9.17, 15) is 0 Å². The molecule has 1 aliphatic rings. The normalized spacial score (nSPS) is 23.6. The summed E-state index contributed by atoms with van der Waals surface area (Å²) < 4.78 is 5.30. The van der Waals surface area contributed by atoms with E-state index in [1.807, 2.05) is 23.5 Å². The summed E-state index contributed by atoms with van der Waals surface area (Å²) in [4.78, 5) is 4.46. The van der Waals surface area contributed by atoms with E-state index in [1.54, 1.807) is 0 Å². The van der Waals surface area contributed by atoms with Crippen LogP contribution in [-0.2, 0) is 0 Å². The van der Waals surface area contributed by atoms with Crippen molar-refractivity contribution in [3.05, 3.63) is 11.7 Å². The second kappa shape index (κ2) is 5.20. The summed E-state index contributed by atoms with van der Waals surface area (Å²) in [5.41, 5.74) is 6.05. The molecule has 17 heavy (non-hydrogen) atoms. The van der Waals surface area contributed by atoms with Crippen molar-refractivity contribution in [3.63, 3.8) is 0 Å². The molecule has 1 aliphatic heterocycles. The Morgan fingerprint density at radius 2 is 2.18 bits per heavy atom. The Bertz CT molecular complexity index is 369. The summed E-state index contributed by atoms with van der Waals surface area (Å²) >= 11 is 3.85. The van der Waals surface area contributed by atoms with E-state index in [0.717, 1.165) is 17.3 Å². The van der Waals surface area contributed by atoms with Gasteiger partial charge in [0.2, 0.25) is 5.89 Å². The Morgan fingerprint density at radius 1 is 1.41 bits per heavy atom. The monoisotopic (exact) mass is 273 g/mol. The molecule has 1 unspecified atom stereocenters. The highest BCUT2D eigenvalue weighted by atomic mass is 32.2. The number of thioether (sulfide) groups is 2. The Kier molecular flexibility index (Phi) is 4.05. The predicted octanol–water partition coefficient (Wildman–Crippen LogP) is 2.64. The van der Waals surface area contributed by atoms with Gasteiger partial charge in [0.1, 0.15) is 0 Å². The Morgan fingerprint density at radius 3 is 2.76 bits per heavy atom. The van der Waals surface area contributed by atoms with Gasteiger partial charge in [-0.1, -0.05) is 25.9 Å². The molecule has 1 fully saturated rings. The highest BCUT2D eigenvalue weighted by molar-refractivity contribution is 8.06. The second-order valence-corrected chi connectivity index (χ2v) is 7.73. The summed E-state index contributed by atoms with van der Waals surface area (Å²) in [6, 6.07) is -0.204. The van der Waals surface area contributed by atoms with E-state index in [4.69, 9.17) is 10.3 Å². The molecule has 0 amide bonds. The van der Waals surface area contributed by atoms with Crippen molar-refractivity contribution in [1.29, 1.82) is 0 Å². The van der Waals surface area contributed by atoms with Crippen LogP contribution in [0.25, 0.3) is 0 Å². The van der Waals surface area contributed by atoms with Gasteiger partial charge in [-0.3, -0.25) is 0 Å². The van der Waals surface area contributed by atoms with Crippen molar-refractivity contribution in [2.75, 3.05) is 17.3 Å². The van der Waals surface area contributed by atoms with Gasteiger partial charge < -0.3 is 10.3 Å². The molecule has 0 radical (unpaired) electrons. The van der Waals surface area contributed by atoms with E-state index in [1.165, 1.54) is 5.75 Å². The van der Waals surface area contributed by atoms with E-state index >= 15 is 0 Å². The van der Waals surface area contributed by atoms with Crippen LogP contribution in [0.4, 0.5) is 0 Å². The van der Waals surface area contributed by atoms with Crippen LogP contribution in [0.1, 0.15) is 43.8 Å². The lowest BCUT2D eigenvalue weighted by atomic mass is 9.87. The van der Waals surface area contributed by atoms with E-state index in [0.29, 0.717) is 11.1 Å². The number of hydrogen-bond donors (Lipinski definition) is 1. The van der Waals surface area contributed by atoms with Crippen LogP contribution in [0.2, 0.25) is 0 Å². The highest BCUT2D eigenvalue weighted by Gasteiger charge is 2.29. The first-order valence-corrected chi connectivity index (χ1v) is 7.97. The van der Waals surface area contributed by atoms with Crippen molar-refractivity contribution in [2.24, 2.45) is 11.1 Å². The van der Waals surface area contributed by atoms with Gasteiger partial charge in [-0.2, -0.15) is 16.7 Å². The standard InChI is InChI=1S/C11H19N3OS2/c1-11(2,3)8(12)10-13-9(14-15-10)7-6-16-4-5-17-7/h7-8H,4-6,12H2,1-3H3/t7?,8-/m0/s1. The fourth-order valence-corrected chi connectivity index (χ4v) is 4.10. The second-order valence-electron chi connectivity index (χ2n) is 5.27. The molecule has 0 aromatic carbocycles. The lowest BCUT2D eigenvalue weighted by molar-refractivity contribution is 0.252. The third kappa shape index (κ3) is 3.17. The topological polar surface area (TPSA) is 64.9 Å². The van der Waals surface area contributed by atoms with Crippen LogP contribution in [0.5, 0.6) is 0 Å². The molecular weight excluding hydrogens is 254 g/mol. The molecule has 2 N–H and O–H groups in total. The molecule has 2 atom stereocenters. The molecule has 6 heteroatoms. The number of hydrogen-bond acceptors (Lipinski definition) is 6. The van der Waals surface area contributed by atoms with Crippen LogP contribution in [0.15, 0.2) is 4.52 Å². The van der Waals surface area contributed by atoms with Crippen molar-refractivity contribution in [2.45, 2.75) is 32.1 Å². The van der Waals surface area contributed by atoms with Crippen LogP contribution < -0.4 is 5.73 Å². The number of rotatable bonds is 2. The molecule has 0 bridgehead atoms. The molecular formula is C11H19N3OS2. The average Bonchev–Trinajstić information content (AvgIpc) is 2.77. The van der Waals surface area contributed by atoms with Crippen molar-refractivity contribution >= 4 is 23.5 Å². The van der Waals surface area contributed by atoms with Gasteiger partial charge in [0.05, 0.1) is 11.3 Å². The zero-order valence-corrected chi connectivity index (χ0v) is 12.1. The molecule has 2 rings (SSSR count). The van der Waals surface area contributed by atoms with Gasteiger partial charge in [-0.05, 0) is 5.41 Å². The summed E-state index contributed by atoms with van der Waals surface area (Å²) in [7, 11) is 0. The lowest BCUT2D eigenvalue weighted by Gasteiger charge is -2.23. The first kappa shape index (κ1) is 13.2. The van der Waals surface area contributed by atoms with Gasteiger partial charge in [-0.25, -0.2) is 0 Å². The van der Waals surface area contributed by atoms with Gasteiger partial charge in [0.15, 0.2) is 5.82 Å². The van der Waals surface area contributed by atoms with Crippen LogP contribution in [-0.4, -0.2) is 27.4 Å². The van der Waals surface area contributed by atoms with E-state index in [-0.39, 0.29) is 11.5 Å². The summed E-state index contributed by atoms with van der Waals surface area (Å²) in [5.74, 6) is 4.80. The van der Waals surface area contributed by atoms with Crippen molar-refractivity contribution in [3.8, 4) is 0 Å². The molecule has 1 aromatic rings. The van der Waals surface area contributed by atoms with Crippen LogP contribution in [0, 0.1) is 5.41 Å². The van der Waals surface area contributed by atoms with E-state index in [2.05, 4.69) is 30.9 Å². The highest BCUT2D eigenvalue weighted by Crippen LogP contribution is 2.36. The minimum Gasteiger partial charge on any atom is -0.338 e. The minimum absolute atomic E-state index is 0.0573. The quantitative estimate of drug-likeness (QED) is 0.893. The third-order valence-corrected chi connectivity index (χ3v) is 5.51. The smallest absolute Gasteiger partial charge is 0.244 e.